The maximum Gasteiger partial charge on any atom is 0.430 e. The number of ether oxygens (including phenoxy) is 2. The van der Waals surface area contributed by atoms with Crippen molar-refractivity contribution in [1.29, 1.82) is 0 Å². The van der Waals surface area contributed by atoms with Gasteiger partial charge in [-0.05, 0) is 34.8 Å². The van der Waals surface area contributed by atoms with Crippen molar-refractivity contribution in [1.82, 2.24) is 0 Å². The second-order valence-electron chi connectivity index (χ2n) is 11.3. The number of methoxy groups -OCH3 is 2. The predicted molar refractivity (Wildman–Crippen MR) is 114 cm³/mol. The maximum absolute atomic E-state index is 14.1. The fraction of sp³-hybridized carbons (Fsp3) is 0.750. The molecule has 1 atom stereocenters. The molecule has 0 bridgehead atoms. The molecule has 1 rings (SSSR count). The Morgan fingerprint density at radius 3 is 1.03 bits per heavy atom. The molecule has 0 heterocycles. The highest BCUT2D eigenvalue weighted by Gasteiger charge is 2.75. The van der Waals surface area contributed by atoms with E-state index >= 15 is 0 Å². The van der Waals surface area contributed by atoms with Crippen molar-refractivity contribution in [3.05, 3.63) is 34.9 Å². The molecule has 1 aromatic carbocycles. The van der Waals surface area contributed by atoms with E-state index < -0.39 is 75.4 Å². The first-order chi connectivity index (χ1) is 16.5. The number of halogens is 12. The lowest BCUT2D eigenvalue weighted by Crippen LogP contribution is -2.57. The van der Waals surface area contributed by atoms with E-state index in [2.05, 4.69) is 9.47 Å². The second kappa shape index (κ2) is 10.0. The van der Waals surface area contributed by atoms with Gasteiger partial charge in [0.25, 0.3) is 11.2 Å². The molecule has 0 aromatic heterocycles. The molecule has 0 spiro atoms. The zero-order valence-corrected chi connectivity index (χ0v) is 21.9. The van der Waals surface area contributed by atoms with E-state index in [1.54, 1.807) is 20.8 Å². The summed E-state index contributed by atoms with van der Waals surface area (Å²) in [6, 6.07) is 0.168. The SMILES string of the molecule is COC(c1cc(C(CC(C)(C)C)C(C)(C)C)cc(C(OC)(C(F)(F)F)C(F)(F)F)c1)(C(F)(F)F)C(F)(F)F. The summed E-state index contributed by atoms with van der Waals surface area (Å²) in [4.78, 5) is 0. The van der Waals surface area contributed by atoms with Gasteiger partial charge in [-0.25, -0.2) is 0 Å². The van der Waals surface area contributed by atoms with Gasteiger partial charge in [-0.2, -0.15) is 52.7 Å². The van der Waals surface area contributed by atoms with Crippen LogP contribution in [0.1, 0.15) is 70.6 Å². The lowest BCUT2D eigenvalue weighted by atomic mass is 9.68. The molecule has 38 heavy (non-hydrogen) atoms. The van der Waals surface area contributed by atoms with Crippen molar-refractivity contribution < 1.29 is 62.2 Å². The summed E-state index contributed by atoms with van der Waals surface area (Å²) in [7, 11) is 0.0294. The number of benzene rings is 1. The summed E-state index contributed by atoms with van der Waals surface area (Å²) >= 11 is 0. The van der Waals surface area contributed by atoms with E-state index in [-0.39, 0.29) is 20.6 Å². The van der Waals surface area contributed by atoms with Gasteiger partial charge in [-0.3, -0.25) is 0 Å². The lowest BCUT2D eigenvalue weighted by molar-refractivity contribution is -0.385. The molecule has 0 aliphatic carbocycles. The minimum Gasteiger partial charge on any atom is -0.357 e. The van der Waals surface area contributed by atoms with E-state index in [9.17, 15) is 52.7 Å². The molecule has 1 aromatic rings. The molecule has 0 fully saturated rings. The van der Waals surface area contributed by atoms with Crippen molar-refractivity contribution in [3.63, 3.8) is 0 Å². The van der Waals surface area contributed by atoms with E-state index in [0.717, 1.165) is 0 Å². The molecular formula is C24H30F12O2. The van der Waals surface area contributed by atoms with Crippen molar-refractivity contribution in [2.75, 3.05) is 14.2 Å². The highest BCUT2D eigenvalue weighted by atomic mass is 19.4. The van der Waals surface area contributed by atoms with Crippen molar-refractivity contribution in [3.8, 4) is 0 Å². The van der Waals surface area contributed by atoms with Crippen LogP contribution in [0.25, 0.3) is 0 Å². The normalized spacial score (nSPS) is 16.1. The van der Waals surface area contributed by atoms with Gasteiger partial charge in [0.2, 0.25) is 0 Å². The Kier molecular flexibility index (Phi) is 9.07. The Hall–Kier alpha value is -1.70. The third kappa shape index (κ3) is 6.05. The molecule has 1 unspecified atom stereocenters. The molecule has 2 nitrogen and oxygen atoms in total. The van der Waals surface area contributed by atoms with Crippen LogP contribution in [0.4, 0.5) is 52.7 Å². The molecule has 0 amide bonds. The van der Waals surface area contributed by atoms with E-state index in [1.807, 2.05) is 0 Å². The molecule has 0 radical (unpaired) electrons. The standard InChI is InChI=1S/C24H30F12O2/c1-17(2,3)12-16(18(4,5)6)13-9-14(19(37-7,21(25,26)27)22(28,29)30)11-15(10-13)20(38-8,23(31,32)33)24(34,35)36/h9-11,16H,12H2,1-8H3. The molecule has 0 saturated heterocycles. The average molecular weight is 578 g/mol. The smallest absolute Gasteiger partial charge is 0.357 e. The fourth-order valence-corrected chi connectivity index (χ4v) is 4.47. The highest BCUT2D eigenvalue weighted by molar-refractivity contribution is 5.42. The van der Waals surface area contributed by atoms with Crippen molar-refractivity contribution in [2.45, 2.75) is 89.8 Å². The monoisotopic (exact) mass is 578 g/mol. The zero-order chi connectivity index (χ0) is 30.6. The molecule has 14 heteroatoms. The molecule has 0 aliphatic rings. The van der Waals surface area contributed by atoms with E-state index in [1.165, 1.54) is 20.8 Å². The minimum absolute atomic E-state index is 0.0147. The van der Waals surface area contributed by atoms with Gasteiger partial charge in [0, 0.05) is 25.3 Å². The third-order valence-corrected chi connectivity index (χ3v) is 6.24. The molecule has 0 saturated carbocycles. The topological polar surface area (TPSA) is 18.5 Å². The lowest BCUT2D eigenvalue weighted by Gasteiger charge is -2.41. The van der Waals surface area contributed by atoms with Gasteiger partial charge < -0.3 is 9.47 Å². The first-order valence-corrected chi connectivity index (χ1v) is 11.1. The summed E-state index contributed by atoms with van der Waals surface area (Å²) in [5.41, 5.74) is -16.8. The second-order valence-corrected chi connectivity index (χ2v) is 11.3. The quantitative estimate of drug-likeness (QED) is 0.314. The Morgan fingerprint density at radius 2 is 0.842 bits per heavy atom. The van der Waals surface area contributed by atoms with Crippen LogP contribution in [0.3, 0.4) is 0 Å². The van der Waals surface area contributed by atoms with Crippen LogP contribution in [0.5, 0.6) is 0 Å². The van der Waals surface area contributed by atoms with Crippen LogP contribution in [-0.2, 0) is 20.7 Å². The highest BCUT2D eigenvalue weighted by Crippen LogP contribution is 2.57. The Bertz CT molecular complexity index is 871. The van der Waals surface area contributed by atoms with Crippen LogP contribution in [-0.4, -0.2) is 38.9 Å². The van der Waals surface area contributed by atoms with Crippen LogP contribution < -0.4 is 0 Å². The summed E-state index contributed by atoms with van der Waals surface area (Å²) in [6.45, 7) is 9.45. The van der Waals surface area contributed by atoms with Crippen LogP contribution in [0.2, 0.25) is 0 Å². The van der Waals surface area contributed by atoms with E-state index in [4.69, 9.17) is 0 Å². The Labute approximate surface area is 212 Å². The molecule has 0 N–H and O–H groups in total. The summed E-state index contributed by atoms with van der Waals surface area (Å²) < 4.78 is 176. The van der Waals surface area contributed by atoms with Crippen molar-refractivity contribution in [2.24, 2.45) is 10.8 Å². The Morgan fingerprint density at radius 1 is 0.553 bits per heavy atom. The first-order valence-electron chi connectivity index (χ1n) is 11.1. The van der Waals surface area contributed by atoms with Gasteiger partial charge >= 0.3 is 24.7 Å². The zero-order valence-electron chi connectivity index (χ0n) is 21.9. The van der Waals surface area contributed by atoms with Gasteiger partial charge in [0.05, 0.1) is 0 Å². The summed E-state index contributed by atoms with van der Waals surface area (Å²) in [5, 5.41) is 0. The maximum atomic E-state index is 14.1. The Balaban J connectivity index is 4.52. The van der Waals surface area contributed by atoms with Gasteiger partial charge in [0.15, 0.2) is 0 Å². The predicted octanol–water partition coefficient (Wildman–Crippen LogP) is 9.19. The van der Waals surface area contributed by atoms with Gasteiger partial charge in [0.1, 0.15) is 0 Å². The molecular weight excluding hydrogens is 548 g/mol. The van der Waals surface area contributed by atoms with Crippen LogP contribution >= 0.6 is 0 Å². The fourth-order valence-electron chi connectivity index (χ4n) is 4.47. The number of hydrogen-bond donors (Lipinski definition) is 0. The summed E-state index contributed by atoms with van der Waals surface area (Å²) in [6.07, 6.45) is -25.3. The first kappa shape index (κ1) is 34.3. The summed E-state index contributed by atoms with van der Waals surface area (Å²) in [5.74, 6) is -1.09. The number of hydrogen-bond acceptors (Lipinski definition) is 2. The molecule has 0 aliphatic heterocycles. The number of alkyl halides is 12. The largest absolute Gasteiger partial charge is 0.430 e. The van der Waals surface area contributed by atoms with E-state index in [0.29, 0.717) is 12.1 Å². The van der Waals surface area contributed by atoms with Gasteiger partial charge in [-0.15, -0.1) is 0 Å². The number of rotatable bonds is 6. The average Bonchev–Trinajstić information content (AvgIpc) is 2.61. The van der Waals surface area contributed by atoms with Gasteiger partial charge in [-0.1, -0.05) is 53.7 Å². The molecule has 222 valence electrons. The third-order valence-electron chi connectivity index (χ3n) is 6.24. The van der Waals surface area contributed by atoms with Crippen LogP contribution in [0, 0.1) is 10.8 Å². The minimum atomic E-state index is -6.33. The van der Waals surface area contributed by atoms with Crippen molar-refractivity contribution >= 4 is 0 Å². The van der Waals surface area contributed by atoms with Crippen LogP contribution in [0.15, 0.2) is 18.2 Å².